The first-order chi connectivity index (χ1) is 12.6. The number of fused-ring (bicyclic) bond motifs is 1. The van der Waals surface area contributed by atoms with Crippen LogP contribution in [0.2, 0.25) is 0 Å². The number of anilines is 2. The fourth-order valence-electron chi connectivity index (χ4n) is 2.93. The van der Waals surface area contributed by atoms with Crippen LogP contribution in [-0.2, 0) is 16.1 Å². The van der Waals surface area contributed by atoms with Crippen LogP contribution in [0.25, 0.3) is 22.9 Å². The maximum absolute atomic E-state index is 12.2. The molecule has 6 nitrogen and oxygen atoms in total. The highest BCUT2D eigenvalue weighted by molar-refractivity contribution is 7.80. The van der Waals surface area contributed by atoms with Crippen LogP contribution >= 0.6 is 0 Å². The second-order valence-corrected chi connectivity index (χ2v) is 6.54. The third-order valence-corrected chi connectivity index (χ3v) is 4.54. The van der Waals surface area contributed by atoms with Crippen molar-refractivity contribution in [1.29, 1.82) is 0 Å². The van der Waals surface area contributed by atoms with Gasteiger partial charge >= 0.3 is 0 Å². The number of hydrogen-bond acceptors (Lipinski definition) is 2. The molecule has 3 aromatic rings. The molecule has 2 heterocycles. The summed E-state index contributed by atoms with van der Waals surface area (Å²) in [5.41, 5.74) is 5.62. The summed E-state index contributed by atoms with van der Waals surface area (Å²) in [6, 6.07) is 16.7. The number of carbonyl (C=O) groups excluding carboxylic acids is 1. The molecule has 0 aliphatic carbocycles. The number of amides is 1. The predicted molar refractivity (Wildman–Crippen MR) is 104 cm³/mol. The fraction of sp³-hybridized carbons (Fsp3) is 0. The van der Waals surface area contributed by atoms with Gasteiger partial charge in [-0.25, -0.2) is 4.21 Å². The highest BCUT2D eigenvalue weighted by Gasteiger charge is 2.23. The lowest BCUT2D eigenvalue weighted by molar-refractivity contribution is -0.110. The Morgan fingerprint density at radius 2 is 1.85 bits per heavy atom. The lowest BCUT2D eigenvalue weighted by Crippen LogP contribution is -2.03. The number of nitrogens with one attached hydrogen (secondary N) is 3. The molecule has 7 heteroatoms. The van der Waals surface area contributed by atoms with E-state index in [2.05, 4.69) is 15.0 Å². The summed E-state index contributed by atoms with van der Waals surface area (Å²) in [5.74, 6) is -0.110. The molecule has 0 bridgehead atoms. The smallest absolute Gasteiger partial charge is 0.259 e. The summed E-state index contributed by atoms with van der Waals surface area (Å²) in [4.78, 5) is 15.4. The van der Waals surface area contributed by atoms with E-state index in [9.17, 15) is 9.00 Å². The summed E-state index contributed by atoms with van der Waals surface area (Å²) < 4.78 is 22.0. The topological polar surface area (TPSA) is 94.2 Å². The Hall–Kier alpha value is -3.16. The Kier molecular flexibility index (Phi) is 4.16. The van der Waals surface area contributed by atoms with E-state index in [0.29, 0.717) is 11.3 Å². The average molecular weight is 365 g/mol. The average Bonchev–Trinajstić information content (AvgIpc) is 3.21. The van der Waals surface area contributed by atoms with Gasteiger partial charge in [0.1, 0.15) is 0 Å². The zero-order valence-corrected chi connectivity index (χ0v) is 14.3. The third kappa shape index (κ3) is 3.17. The monoisotopic (exact) mass is 365 g/mol. The Morgan fingerprint density at radius 1 is 1.08 bits per heavy atom. The lowest BCUT2D eigenvalue weighted by atomic mass is 10.0. The van der Waals surface area contributed by atoms with Crippen molar-refractivity contribution < 1.29 is 13.6 Å². The molecule has 1 aromatic heterocycles. The second kappa shape index (κ2) is 6.62. The van der Waals surface area contributed by atoms with E-state index < -0.39 is 11.3 Å². The van der Waals surface area contributed by atoms with Gasteiger partial charge < -0.3 is 10.3 Å². The Bertz CT molecular complexity index is 1040. The van der Waals surface area contributed by atoms with Crippen molar-refractivity contribution in [2.24, 2.45) is 0 Å². The Morgan fingerprint density at radius 3 is 2.62 bits per heavy atom. The Labute approximate surface area is 152 Å². The summed E-state index contributed by atoms with van der Waals surface area (Å²) in [5, 5.41) is 2.86. The minimum absolute atomic E-state index is 0.110. The van der Waals surface area contributed by atoms with E-state index in [1.807, 2.05) is 54.7 Å². The van der Waals surface area contributed by atoms with E-state index in [1.165, 1.54) is 0 Å². The van der Waals surface area contributed by atoms with Crippen LogP contribution in [0.3, 0.4) is 0 Å². The van der Waals surface area contributed by atoms with Gasteiger partial charge in [-0.15, -0.1) is 0 Å². The maximum atomic E-state index is 12.2. The number of rotatable bonds is 4. The molecule has 1 aliphatic heterocycles. The first-order valence-electron chi connectivity index (χ1n) is 7.89. The van der Waals surface area contributed by atoms with Gasteiger partial charge in [0.15, 0.2) is 0 Å². The molecule has 1 unspecified atom stereocenters. The highest BCUT2D eigenvalue weighted by Crippen LogP contribution is 2.33. The van der Waals surface area contributed by atoms with Crippen molar-refractivity contribution in [3.05, 3.63) is 71.9 Å². The molecule has 1 aliphatic rings. The molecule has 1 atom stereocenters. The van der Waals surface area contributed by atoms with Crippen molar-refractivity contribution in [3.63, 3.8) is 0 Å². The number of hydrogen-bond donors (Lipinski definition) is 4. The maximum Gasteiger partial charge on any atom is 0.259 e. The molecule has 0 saturated carbocycles. The fourth-order valence-corrected chi connectivity index (χ4v) is 3.27. The van der Waals surface area contributed by atoms with Crippen LogP contribution < -0.4 is 10.0 Å². The molecule has 0 spiro atoms. The summed E-state index contributed by atoms with van der Waals surface area (Å²) in [6.45, 7) is 0. The summed E-state index contributed by atoms with van der Waals surface area (Å²) in [7, 11) is 0. The van der Waals surface area contributed by atoms with Crippen LogP contribution in [-0.4, -0.2) is 19.7 Å². The van der Waals surface area contributed by atoms with Crippen molar-refractivity contribution in [3.8, 4) is 11.3 Å². The molecule has 1 amide bonds. The number of aromatic nitrogens is 1. The normalized spacial score (nSPS) is 15.6. The van der Waals surface area contributed by atoms with Gasteiger partial charge in [-0.05, 0) is 41.5 Å². The van der Waals surface area contributed by atoms with Gasteiger partial charge in [0.25, 0.3) is 17.2 Å². The Balaban J connectivity index is 1.61. The molecule has 0 radical (unpaired) electrons. The van der Waals surface area contributed by atoms with Crippen LogP contribution in [0.5, 0.6) is 0 Å². The van der Waals surface area contributed by atoms with Gasteiger partial charge in [0.05, 0.1) is 0 Å². The summed E-state index contributed by atoms with van der Waals surface area (Å²) >= 11 is -2.09. The van der Waals surface area contributed by atoms with Crippen molar-refractivity contribution in [1.82, 2.24) is 4.98 Å². The van der Waals surface area contributed by atoms with Crippen LogP contribution in [0.15, 0.2) is 60.8 Å². The number of H-pyrrole nitrogens is 1. The van der Waals surface area contributed by atoms with E-state index in [1.54, 1.807) is 12.1 Å². The quantitative estimate of drug-likeness (QED) is 0.419. The van der Waals surface area contributed by atoms with Crippen molar-refractivity contribution in [2.45, 2.75) is 0 Å². The van der Waals surface area contributed by atoms with Gasteiger partial charge in [-0.1, -0.05) is 30.3 Å². The van der Waals surface area contributed by atoms with Gasteiger partial charge in [-0.3, -0.25) is 14.1 Å². The largest absolute Gasteiger partial charge is 0.361 e. The SMILES string of the molecule is O=C1Nc2ccccc2C1=Cc1c[nH]c(-c2ccc(NS(=O)O)cc2)c1. The van der Waals surface area contributed by atoms with Gasteiger partial charge in [0.2, 0.25) is 0 Å². The van der Waals surface area contributed by atoms with Crippen LogP contribution in [0.1, 0.15) is 11.1 Å². The molecular formula is C19H15N3O3S. The molecule has 130 valence electrons. The number of benzene rings is 2. The second-order valence-electron chi connectivity index (χ2n) is 5.83. The van der Waals surface area contributed by atoms with E-state index in [-0.39, 0.29) is 5.91 Å². The molecule has 2 aromatic carbocycles. The first-order valence-corrected chi connectivity index (χ1v) is 8.99. The third-order valence-electron chi connectivity index (χ3n) is 4.13. The molecule has 0 fully saturated rings. The molecule has 4 rings (SSSR count). The van der Waals surface area contributed by atoms with Gasteiger partial charge in [0, 0.05) is 34.4 Å². The molecule has 4 N–H and O–H groups in total. The first kappa shape index (κ1) is 16.3. The number of aromatic amines is 1. The van der Waals surface area contributed by atoms with E-state index in [0.717, 1.165) is 28.1 Å². The van der Waals surface area contributed by atoms with E-state index >= 15 is 0 Å². The zero-order valence-electron chi connectivity index (χ0n) is 13.5. The molecule has 26 heavy (non-hydrogen) atoms. The standard InChI is InChI=1S/C19H15N3O3S/c23-19-16(15-3-1-2-4-17(15)21-19)9-12-10-18(20-11-12)13-5-7-14(8-6-13)22-26(24)25/h1-11,20,22H,(H,21,23)(H,24,25). The van der Waals surface area contributed by atoms with Crippen molar-refractivity contribution >= 4 is 40.2 Å². The van der Waals surface area contributed by atoms with Crippen LogP contribution in [0.4, 0.5) is 11.4 Å². The number of carbonyl (C=O) groups is 1. The molecule has 0 saturated heterocycles. The van der Waals surface area contributed by atoms with E-state index in [4.69, 9.17) is 4.55 Å². The van der Waals surface area contributed by atoms with Crippen LogP contribution in [0, 0.1) is 0 Å². The predicted octanol–water partition coefficient (Wildman–Crippen LogP) is 3.72. The summed E-state index contributed by atoms with van der Waals surface area (Å²) in [6.07, 6.45) is 3.69. The minimum atomic E-state index is -2.09. The van der Waals surface area contributed by atoms with Crippen molar-refractivity contribution in [2.75, 3.05) is 10.0 Å². The molecular weight excluding hydrogens is 350 g/mol. The zero-order chi connectivity index (χ0) is 18.1. The highest BCUT2D eigenvalue weighted by atomic mass is 32.2. The lowest BCUT2D eigenvalue weighted by Gasteiger charge is -2.02. The number of para-hydroxylation sites is 1. The minimum Gasteiger partial charge on any atom is -0.361 e. The van der Waals surface area contributed by atoms with Gasteiger partial charge in [-0.2, -0.15) is 0 Å².